The number of aryl methyl sites for hydroxylation is 2. The molecule has 0 saturated heterocycles. The lowest BCUT2D eigenvalue weighted by atomic mass is 9.94. The number of rotatable bonds is 8. The van der Waals surface area contributed by atoms with Crippen molar-refractivity contribution in [1.82, 2.24) is 19.8 Å². The van der Waals surface area contributed by atoms with Gasteiger partial charge >= 0.3 is 5.97 Å². The number of amides is 1. The molecule has 0 bridgehead atoms. The molecule has 0 unspecified atom stereocenters. The molecular formula is C26H31FN4O3. The van der Waals surface area contributed by atoms with Gasteiger partial charge in [-0.15, -0.1) is 0 Å². The summed E-state index contributed by atoms with van der Waals surface area (Å²) in [5.74, 6) is -0.568. The maximum absolute atomic E-state index is 13.6. The van der Waals surface area contributed by atoms with Gasteiger partial charge in [-0.05, 0) is 62.1 Å². The molecule has 8 heteroatoms. The third-order valence-corrected chi connectivity index (χ3v) is 6.46. The van der Waals surface area contributed by atoms with Crippen LogP contribution in [0.25, 0.3) is 11.0 Å². The predicted molar refractivity (Wildman–Crippen MR) is 128 cm³/mol. The number of ether oxygens (including phenoxy) is 1. The lowest BCUT2D eigenvalue weighted by Crippen LogP contribution is -2.44. The molecule has 0 aliphatic carbocycles. The highest BCUT2D eigenvalue weighted by Gasteiger charge is 2.30. The summed E-state index contributed by atoms with van der Waals surface area (Å²) in [5, 5.41) is 4.22. The topological polar surface area (TPSA) is 76.5 Å². The summed E-state index contributed by atoms with van der Waals surface area (Å²) in [7, 11) is 1.36. The molecule has 1 aromatic carbocycles. The summed E-state index contributed by atoms with van der Waals surface area (Å²) in [6, 6.07) is 10.7. The first-order valence-electron chi connectivity index (χ1n) is 11.6. The van der Waals surface area contributed by atoms with Crippen molar-refractivity contribution in [2.75, 3.05) is 26.7 Å². The van der Waals surface area contributed by atoms with E-state index >= 15 is 0 Å². The number of aromatic nitrogens is 2. The summed E-state index contributed by atoms with van der Waals surface area (Å²) >= 11 is 0. The number of methoxy groups -OCH3 is 1. The molecule has 34 heavy (non-hydrogen) atoms. The van der Waals surface area contributed by atoms with Crippen molar-refractivity contribution in [2.24, 2.45) is 5.41 Å². The second-order valence-corrected chi connectivity index (χ2v) is 9.38. The lowest BCUT2D eigenvalue weighted by molar-refractivity contribution is -0.150. The minimum atomic E-state index is -0.709. The van der Waals surface area contributed by atoms with Gasteiger partial charge in [0.1, 0.15) is 11.5 Å². The van der Waals surface area contributed by atoms with E-state index in [0.717, 1.165) is 28.7 Å². The van der Waals surface area contributed by atoms with Crippen molar-refractivity contribution in [3.63, 3.8) is 0 Å². The second-order valence-electron chi connectivity index (χ2n) is 9.38. The van der Waals surface area contributed by atoms with Gasteiger partial charge < -0.3 is 19.5 Å². The number of esters is 1. The molecule has 7 nitrogen and oxygen atoms in total. The SMILES string of the molecule is COC(=O)C(C)(C)CNCC(=O)N1CCc2c(n(CCc3cccc(F)c3)c3ncccc23)C1. The maximum Gasteiger partial charge on any atom is 0.312 e. The molecule has 1 aliphatic rings. The van der Waals surface area contributed by atoms with Crippen LogP contribution in [0.15, 0.2) is 42.6 Å². The van der Waals surface area contributed by atoms with Gasteiger partial charge in [0.05, 0.1) is 25.6 Å². The smallest absolute Gasteiger partial charge is 0.312 e. The van der Waals surface area contributed by atoms with Crippen LogP contribution in [0.2, 0.25) is 0 Å². The molecule has 1 amide bonds. The largest absolute Gasteiger partial charge is 0.469 e. The van der Waals surface area contributed by atoms with E-state index < -0.39 is 5.41 Å². The van der Waals surface area contributed by atoms with E-state index in [-0.39, 0.29) is 24.2 Å². The van der Waals surface area contributed by atoms with Crippen LogP contribution in [0.5, 0.6) is 0 Å². The third-order valence-electron chi connectivity index (χ3n) is 6.46. The molecule has 3 heterocycles. The number of benzene rings is 1. The fourth-order valence-electron chi connectivity index (χ4n) is 4.59. The van der Waals surface area contributed by atoms with Crippen LogP contribution in [-0.4, -0.2) is 53.1 Å². The van der Waals surface area contributed by atoms with E-state index in [2.05, 4.69) is 20.9 Å². The van der Waals surface area contributed by atoms with Crippen molar-refractivity contribution in [3.8, 4) is 0 Å². The molecule has 0 fully saturated rings. The Morgan fingerprint density at radius 3 is 2.82 bits per heavy atom. The molecule has 0 spiro atoms. The monoisotopic (exact) mass is 466 g/mol. The van der Waals surface area contributed by atoms with Gasteiger partial charge in [0.25, 0.3) is 0 Å². The van der Waals surface area contributed by atoms with Crippen molar-refractivity contribution >= 4 is 22.9 Å². The summed E-state index contributed by atoms with van der Waals surface area (Å²) in [4.78, 5) is 31.3. The van der Waals surface area contributed by atoms with Gasteiger partial charge in [-0.25, -0.2) is 9.37 Å². The van der Waals surface area contributed by atoms with Crippen LogP contribution >= 0.6 is 0 Å². The molecule has 0 saturated carbocycles. The molecule has 3 aromatic rings. The first-order chi connectivity index (χ1) is 16.3. The van der Waals surface area contributed by atoms with Gasteiger partial charge in [-0.2, -0.15) is 0 Å². The Balaban J connectivity index is 1.49. The fourth-order valence-corrected chi connectivity index (χ4v) is 4.59. The first-order valence-corrected chi connectivity index (χ1v) is 11.6. The zero-order valence-electron chi connectivity index (χ0n) is 19.9. The van der Waals surface area contributed by atoms with Crippen molar-refractivity contribution in [3.05, 3.63) is 65.2 Å². The van der Waals surface area contributed by atoms with E-state index in [1.165, 1.54) is 18.7 Å². The number of fused-ring (bicyclic) bond motifs is 3. The first kappa shape index (κ1) is 23.9. The van der Waals surface area contributed by atoms with Crippen LogP contribution < -0.4 is 5.32 Å². The number of carbonyl (C=O) groups excluding carboxylic acids is 2. The van der Waals surface area contributed by atoms with E-state index in [1.54, 1.807) is 32.2 Å². The molecule has 0 radical (unpaired) electrons. The van der Waals surface area contributed by atoms with Crippen molar-refractivity contribution in [2.45, 2.75) is 39.8 Å². The zero-order chi connectivity index (χ0) is 24.3. The van der Waals surface area contributed by atoms with E-state index in [0.29, 0.717) is 32.6 Å². The Bertz CT molecular complexity index is 1200. The summed E-state index contributed by atoms with van der Waals surface area (Å²) in [6.45, 7) is 5.85. The Morgan fingerprint density at radius 1 is 1.24 bits per heavy atom. The molecule has 2 aromatic heterocycles. The van der Waals surface area contributed by atoms with Crippen LogP contribution in [0.3, 0.4) is 0 Å². The van der Waals surface area contributed by atoms with Crippen LogP contribution in [0.4, 0.5) is 4.39 Å². The number of hydrogen-bond acceptors (Lipinski definition) is 5. The summed E-state index contributed by atoms with van der Waals surface area (Å²) < 4.78 is 20.6. The second kappa shape index (κ2) is 9.93. The van der Waals surface area contributed by atoms with E-state index in [1.807, 2.05) is 17.0 Å². The highest BCUT2D eigenvalue weighted by molar-refractivity contribution is 5.84. The molecular weight excluding hydrogens is 435 g/mol. The van der Waals surface area contributed by atoms with Crippen molar-refractivity contribution in [1.29, 1.82) is 0 Å². The van der Waals surface area contributed by atoms with Crippen molar-refractivity contribution < 1.29 is 18.7 Å². The number of nitrogens with one attached hydrogen (secondary N) is 1. The van der Waals surface area contributed by atoms with E-state index in [9.17, 15) is 14.0 Å². The number of hydrogen-bond donors (Lipinski definition) is 1. The van der Waals surface area contributed by atoms with Gasteiger partial charge in [-0.1, -0.05) is 12.1 Å². The average molecular weight is 467 g/mol. The normalized spacial score (nSPS) is 13.7. The Labute approximate surface area is 198 Å². The van der Waals surface area contributed by atoms with Gasteiger partial charge in [0.2, 0.25) is 5.91 Å². The Hall–Kier alpha value is -3.26. The van der Waals surface area contributed by atoms with Gasteiger partial charge in [0, 0.05) is 36.9 Å². The quantitative estimate of drug-likeness (QED) is 0.517. The minimum Gasteiger partial charge on any atom is -0.469 e. The molecule has 180 valence electrons. The fraction of sp³-hybridized carbons (Fsp3) is 0.423. The minimum absolute atomic E-state index is 0.0128. The standard InChI is InChI=1S/C26H31FN4O3/c1-26(2,25(33)34-3)17-28-15-23(32)30-12-10-20-21-8-5-11-29-24(21)31(22(20)16-30)13-9-18-6-4-7-19(27)14-18/h4-8,11,14,28H,9-10,12-13,15-17H2,1-3H3. The molecule has 4 rings (SSSR count). The number of pyridine rings is 1. The zero-order valence-corrected chi connectivity index (χ0v) is 19.9. The van der Waals surface area contributed by atoms with Gasteiger partial charge in [0.15, 0.2) is 0 Å². The molecule has 1 aliphatic heterocycles. The van der Waals surface area contributed by atoms with Crippen LogP contribution in [0.1, 0.15) is 30.7 Å². The molecule has 0 atom stereocenters. The maximum atomic E-state index is 13.6. The highest BCUT2D eigenvalue weighted by Crippen LogP contribution is 2.30. The van der Waals surface area contributed by atoms with Gasteiger partial charge in [-0.3, -0.25) is 9.59 Å². The Kier molecular flexibility index (Phi) is 6.97. The Morgan fingerprint density at radius 2 is 2.06 bits per heavy atom. The summed E-state index contributed by atoms with van der Waals surface area (Å²) in [6.07, 6.45) is 3.20. The van der Waals surface area contributed by atoms with E-state index in [4.69, 9.17) is 4.74 Å². The highest BCUT2D eigenvalue weighted by atomic mass is 19.1. The predicted octanol–water partition coefficient (Wildman–Crippen LogP) is 3.09. The average Bonchev–Trinajstić information content (AvgIpc) is 3.15. The number of nitrogens with zero attached hydrogens (tertiary/aromatic N) is 3. The van der Waals surface area contributed by atoms with Crippen LogP contribution in [0, 0.1) is 11.2 Å². The third kappa shape index (κ3) is 4.97. The number of carbonyl (C=O) groups is 2. The lowest BCUT2D eigenvalue weighted by Gasteiger charge is -2.29. The van der Waals surface area contributed by atoms with Crippen LogP contribution in [-0.2, 0) is 40.3 Å². The number of halogens is 1. The summed E-state index contributed by atoms with van der Waals surface area (Å²) in [5.41, 5.74) is 3.42. The molecule has 1 N–H and O–H groups in total.